The zero-order valence-electron chi connectivity index (χ0n) is 11.4. The molecule has 1 aromatic heterocycles. The van der Waals surface area contributed by atoms with Gasteiger partial charge in [0.25, 0.3) is 0 Å². The number of nitrogens with one attached hydrogen (secondary N) is 1. The second-order valence-electron chi connectivity index (χ2n) is 4.37. The Morgan fingerprint density at radius 1 is 1.42 bits per heavy atom. The highest BCUT2D eigenvalue weighted by molar-refractivity contribution is 5.72. The van der Waals surface area contributed by atoms with Gasteiger partial charge in [0.15, 0.2) is 0 Å². The van der Waals surface area contributed by atoms with Gasteiger partial charge in [-0.1, -0.05) is 13.0 Å². The molecule has 0 aliphatic carbocycles. The van der Waals surface area contributed by atoms with Crippen molar-refractivity contribution in [3.05, 3.63) is 36.4 Å². The normalized spacial score (nSPS) is 10.4. The molecule has 102 valence electrons. The van der Waals surface area contributed by atoms with Crippen LogP contribution in [0.3, 0.4) is 0 Å². The zero-order valence-corrected chi connectivity index (χ0v) is 11.4. The van der Waals surface area contributed by atoms with E-state index in [9.17, 15) is 0 Å². The predicted molar refractivity (Wildman–Crippen MR) is 77.2 cm³/mol. The molecule has 2 aromatic rings. The summed E-state index contributed by atoms with van der Waals surface area (Å²) in [6, 6.07) is 5.76. The van der Waals surface area contributed by atoms with Crippen molar-refractivity contribution in [2.75, 3.05) is 17.7 Å². The summed E-state index contributed by atoms with van der Waals surface area (Å²) < 4.78 is 7.57. The lowest BCUT2D eigenvalue weighted by Gasteiger charge is -2.13. The second kappa shape index (κ2) is 6.13. The zero-order chi connectivity index (χ0) is 13.7. The van der Waals surface area contributed by atoms with Gasteiger partial charge in [0, 0.05) is 19.4 Å². The van der Waals surface area contributed by atoms with Gasteiger partial charge in [-0.2, -0.15) is 0 Å². The van der Waals surface area contributed by atoms with E-state index >= 15 is 0 Å². The van der Waals surface area contributed by atoms with Crippen molar-refractivity contribution in [2.45, 2.75) is 19.9 Å². The Morgan fingerprint density at radius 2 is 2.26 bits per heavy atom. The summed E-state index contributed by atoms with van der Waals surface area (Å²) in [7, 11) is 1.97. The van der Waals surface area contributed by atoms with Gasteiger partial charge in [0.2, 0.25) is 0 Å². The summed E-state index contributed by atoms with van der Waals surface area (Å²) in [5.41, 5.74) is 7.60. The maximum Gasteiger partial charge on any atom is 0.144 e. The van der Waals surface area contributed by atoms with E-state index in [0.717, 1.165) is 23.7 Å². The Morgan fingerprint density at radius 3 is 2.95 bits per heavy atom. The first-order chi connectivity index (χ1) is 9.22. The molecule has 0 unspecified atom stereocenters. The van der Waals surface area contributed by atoms with Crippen LogP contribution in [0.5, 0.6) is 5.75 Å². The molecule has 0 aliphatic rings. The molecule has 0 fully saturated rings. The van der Waals surface area contributed by atoms with Gasteiger partial charge in [0.1, 0.15) is 11.6 Å². The molecule has 0 spiro atoms. The number of nitrogens with zero attached hydrogens (tertiary/aromatic N) is 2. The number of anilines is 2. The molecule has 0 saturated carbocycles. The van der Waals surface area contributed by atoms with E-state index in [0.29, 0.717) is 18.8 Å². The molecule has 5 nitrogen and oxygen atoms in total. The van der Waals surface area contributed by atoms with Crippen LogP contribution in [0, 0.1) is 0 Å². The van der Waals surface area contributed by atoms with Crippen LogP contribution in [0.15, 0.2) is 30.6 Å². The standard InChI is InChI=1S/C14H20N4O/c1-3-9-19-12-6-4-5-11(14(12)15)17-10-13-16-7-8-18(13)2/h4-8,17H,3,9-10,15H2,1-2H3. The fraction of sp³-hybridized carbons (Fsp3) is 0.357. The van der Waals surface area contributed by atoms with E-state index in [-0.39, 0.29) is 0 Å². The Kier molecular flexibility index (Phi) is 4.28. The lowest BCUT2D eigenvalue weighted by Crippen LogP contribution is -2.08. The number of nitrogen functional groups attached to an aromatic ring is 1. The average Bonchev–Trinajstić information content (AvgIpc) is 2.82. The molecule has 1 aromatic carbocycles. The lowest BCUT2D eigenvalue weighted by molar-refractivity contribution is 0.319. The average molecular weight is 260 g/mol. The van der Waals surface area contributed by atoms with Gasteiger partial charge < -0.3 is 20.4 Å². The predicted octanol–water partition coefficient (Wildman–Crippen LogP) is 2.40. The number of aryl methyl sites for hydroxylation is 1. The van der Waals surface area contributed by atoms with Crippen molar-refractivity contribution < 1.29 is 4.74 Å². The van der Waals surface area contributed by atoms with Crippen molar-refractivity contribution in [1.29, 1.82) is 0 Å². The molecule has 0 saturated heterocycles. The van der Waals surface area contributed by atoms with E-state index in [2.05, 4.69) is 17.2 Å². The number of imidazole rings is 1. The molecule has 19 heavy (non-hydrogen) atoms. The van der Waals surface area contributed by atoms with E-state index in [1.54, 1.807) is 6.20 Å². The summed E-state index contributed by atoms with van der Waals surface area (Å²) in [5.74, 6) is 1.69. The van der Waals surface area contributed by atoms with Crippen LogP contribution >= 0.6 is 0 Å². The van der Waals surface area contributed by atoms with E-state index in [1.807, 2.05) is 36.0 Å². The first kappa shape index (κ1) is 13.3. The van der Waals surface area contributed by atoms with Crippen LogP contribution in [0.1, 0.15) is 19.2 Å². The van der Waals surface area contributed by atoms with Crippen LogP contribution in [0.4, 0.5) is 11.4 Å². The largest absolute Gasteiger partial charge is 0.491 e. The van der Waals surface area contributed by atoms with Gasteiger partial charge in [-0.3, -0.25) is 0 Å². The summed E-state index contributed by atoms with van der Waals surface area (Å²) >= 11 is 0. The van der Waals surface area contributed by atoms with Gasteiger partial charge in [0.05, 0.1) is 24.5 Å². The molecule has 0 aliphatic heterocycles. The molecule has 0 bridgehead atoms. The van der Waals surface area contributed by atoms with Crippen molar-refractivity contribution in [1.82, 2.24) is 9.55 Å². The number of benzene rings is 1. The van der Waals surface area contributed by atoms with Crippen LogP contribution in [-0.4, -0.2) is 16.2 Å². The van der Waals surface area contributed by atoms with Gasteiger partial charge in [-0.15, -0.1) is 0 Å². The van der Waals surface area contributed by atoms with Gasteiger partial charge in [-0.05, 0) is 18.6 Å². The highest BCUT2D eigenvalue weighted by Gasteiger charge is 2.06. The highest BCUT2D eigenvalue weighted by atomic mass is 16.5. The monoisotopic (exact) mass is 260 g/mol. The summed E-state index contributed by atoms with van der Waals surface area (Å²) in [6.45, 7) is 3.37. The Labute approximate surface area is 113 Å². The SMILES string of the molecule is CCCOc1cccc(NCc2nccn2C)c1N. The molecular weight excluding hydrogens is 240 g/mol. The minimum atomic E-state index is 0.630. The summed E-state index contributed by atoms with van der Waals surface area (Å²) in [5, 5.41) is 3.28. The fourth-order valence-electron chi connectivity index (χ4n) is 1.78. The summed E-state index contributed by atoms with van der Waals surface area (Å²) in [4.78, 5) is 4.26. The van der Waals surface area contributed by atoms with Crippen LogP contribution in [0.2, 0.25) is 0 Å². The number of nitrogens with two attached hydrogens (primary N) is 1. The smallest absolute Gasteiger partial charge is 0.144 e. The summed E-state index contributed by atoms with van der Waals surface area (Å²) in [6.07, 6.45) is 4.66. The van der Waals surface area contributed by atoms with E-state index < -0.39 is 0 Å². The maximum atomic E-state index is 6.09. The Bertz CT molecular complexity index is 536. The number of rotatable bonds is 6. The van der Waals surface area contributed by atoms with Gasteiger partial charge >= 0.3 is 0 Å². The number of hydrogen-bond donors (Lipinski definition) is 2. The Balaban J connectivity index is 2.06. The minimum Gasteiger partial charge on any atom is -0.491 e. The van der Waals surface area contributed by atoms with Crippen LogP contribution < -0.4 is 15.8 Å². The number of aromatic nitrogens is 2. The van der Waals surface area contributed by atoms with E-state index in [4.69, 9.17) is 10.5 Å². The molecule has 0 atom stereocenters. The highest BCUT2D eigenvalue weighted by Crippen LogP contribution is 2.29. The molecule has 2 rings (SSSR count). The first-order valence-electron chi connectivity index (χ1n) is 6.43. The molecule has 5 heteroatoms. The second-order valence-corrected chi connectivity index (χ2v) is 4.37. The molecule has 3 N–H and O–H groups in total. The number of para-hydroxylation sites is 1. The topological polar surface area (TPSA) is 65.1 Å². The van der Waals surface area contributed by atoms with Crippen molar-refractivity contribution in [3.63, 3.8) is 0 Å². The molecule has 1 heterocycles. The minimum absolute atomic E-state index is 0.630. The van der Waals surface area contributed by atoms with Crippen molar-refractivity contribution in [3.8, 4) is 5.75 Å². The third-order valence-electron chi connectivity index (χ3n) is 2.89. The maximum absolute atomic E-state index is 6.09. The van der Waals surface area contributed by atoms with Crippen molar-refractivity contribution >= 4 is 11.4 Å². The van der Waals surface area contributed by atoms with Crippen LogP contribution in [0.25, 0.3) is 0 Å². The molecular formula is C14H20N4O. The third-order valence-corrected chi connectivity index (χ3v) is 2.89. The molecule has 0 radical (unpaired) electrons. The lowest BCUT2D eigenvalue weighted by atomic mass is 10.2. The Hall–Kier alpha value is -2.17. The van der Waals surface area contributed by atoms with Gasteiger partial charge in [-0.25, -0.2) is 4.98 Å². The number of hydrogen-bond acceptors (Lipinski definition) is 4. The van der Waals surface area contributed by atoms with E-state index in [1.165, 1.54) is 0 Å². The van der Waals surface area contributed by atoms with Crippen LogP contribution in [-0.2, 0) is 13.6 Å². The fourth-order valence-corrected chi connectivity index (χ4v) is 1.78. The third kappa shape index (κ3) is 3.19. The quantitative estimate of drug-likeness (QED) is 0.783. The van der Waals surface area contributed by atoms with Crippen molar-refractivity contribution in [2.24, 2.45) is 7.05 Å². The number of ether oxygens (including phenoxy) is 1. The first-order valence-corrected chi connectivity index (χ1v) is 6.43. The molecule has 0 amide bonds.